The monoisotopic (exact) mass is 265 g/mol. The van der Waals surface area contributed by atoms with Crippen LogP contribution in [-0.4, -0.2) is 0 Å². The number of halogens is 1. The highest BCUT2D eigenvalue weighted by atomic mass is 35.5. The zero-order chi connectivity index (χ0) is 12.3. The van der Waals surface area contributed by atoms with Gasteiger partial charge in [-0.3, -0.25) is 0 Å². The number of thiophene rings is 1. The molecule has 0 amide bonds. The van der Waals surface area contributed by atoms with Crippen LogP contribution in [0.5, 0.6) is 0 Å². The van der Waals surface area contributed by atoms with Crippen LogP contribution < -0.4 is 5.73 Å². The summed E-state index contributed by atoms with van der Waals surface area (Å²) in [5.41, 5.74) is 7.03. The SMILES string of the molecule is CC(N)(CCc1cccs1)c1ccccc1Cl. The van der Waals surface area contributed by atoms with Gasteiger partial charge in [0.05, 0.1) is 0 Å². The molecule has 0 bridgehead atoms. The number of hydrogen-bond acceptors (Lipinski definition) is 2. The van der Waals surface area contributed by atoms with Gasteiger partial charge in [0.25, 0.3) is 0 Å². The third-order valence-electron chi connectivity index (χ3n) is 2.96. The van der Waals surface area contributed by atoms with Gasteiger partial charge in [-0.2, -0.15) is 0 Å². The molecule has 0 saturated carbocycles. The minimum Gasteiger partial charge on any atom is -0.322 e. The number of hydrogen-bond donors (Lipinski definition) is 1. The third-order valence-corrected chi connectivity index (χ3v) is 4.23. The quantitative estimate of drug-likeness (QED) is 0.881. The van der Waals surface area contributed by atoms with Crippen LogP contribution in [0.25, 0.3) is 0 Å². The van der Waals surface area contributed by atoms with E-state index in [0.717, 1.165) is 23.4 Å². The highest BCUT2D eigenvalue weighted by molar-refractivity contribution is 7.09. The predicted octanol–water partition coefficient (Wildman–Crippen LogP) is 4.21. The standard InChI is InChI=1S/C14H16ClNS/c1-14(16,9-8-11-5-4-10-17-11)12-6-2-3-7-13(12)15/h2-7,10H,8-9,16H2,1H3. The van der Waals surface area contributed by atoms with E-state index in [2.05, 4.69) is 17.5 Å². The van der Waals surface area contributed by atoms with Crippen molar-refractivity contribution in [2.75, 3.05) is 0 Å². The number of benzene rings is 1. The first kappa shape index (κ1) is 12.6. The van der Waals surface area contributed by atoms with E-state index in [4.69, 9.17) is 17.3 Å². The van der Waals surface area contributed by atoms with Gasteiger partial charge in [-0.25, -0.2) is 0 Å². The summed E-state index contributed by atoms with van der Waals surface area (Å²) in [6, 6.07) is 12.0. The largest absolute Gasteiger partial charge is 0.322 e. The molecule has 90 valence electrons. The fourth-order valence-electron chi connectivity index (χ4n) is 1.90. The Morgan fingerprint density at radius 1 is 1.24 bits per heavy atom. The first-order chi connectivity index (χ1) is 8.09. The summed E-state index contributed by atoms with van der Waals surface area (Å²) in [5, 5.41) is 2.85. The number of nitrogens with two attached hydrogens (primary N) is 1. The zero-order valence-corrected chi connectivity index (χ0v) is 11.4. The van der Waals surface area contributed by atoms with Gasteiger partial charge >= 0.3 is 0 Å². The van der Waals surface area contributed by atoms with Gasteiger partial charge in [0, 0.05) is 15.4 Å². The lowest BCUT2D eigenvalue weighted by Gasteiger charge is -2.26. The first-order valence-corrected chi connectivity index (χ1v) is 6.91. The summed E-state index contributed by atoms with van der Waals surface area (Å²) < 4.78 is 0. The van der Waals surface area contributed by atoms with Crippen molar-refractivity contribution in [1.29, 1.82) is 0 Å². The summed E-state index contributed by atoms with van der Waals surface area (Å²) in [5.74, 6) is 0. The lowest BCUT2D eigenvalue weighted by Crippen LogP contribution is -2.33. The lowest BCUT2D eigenvalue weighted by molar-refractivity contribution is 0.454. The summed E-state index contributed by atoms with van der Waals surface area (Å²) >= 11 is 7.97. The van der Waals surface area contributed by atoms with Gasteiger partial charge in [-0.1, -0.05) is 35.9 Å². The molecule has 1 heterocycles. The highest BCUT2D eigenvalue weighted by Crippen LogP contribution is 2.30. The van der Waals surface area contributed by atoms with Crippen molar-refractivity contribution in [3.05, 3.63) is 57.2 Å². The fraction of sp³-hybridized carbons (Fsp3) is 0.286. The second kappa shape index (κ2) is 5.21. The summed E-state index contributed by atoms with van der Waals surface area (Å²) in [6.45, 7) is 2.04. The molecule has 0 aliphatic carbocycles. The normalized spacial score (nSPS) is 14.5. The maximum atomic E-state index is 6.38. The summed E-state index contributed by atoms with van der Waals surface area (Å²) in [6.07, 6.45) is 1.90. The lowest BCUT2D eigenvalue weighted by atomic mass is 9.88. The molecule has 17 heavy (non-hydrogen) atoms. The molecule has 1 atom stereocenters. The Bertz CT molecular complexity index is 477. The Kier molecular flexibility index (Phi) is 3.87. The molecule has 1 aromatic heterocycles. The van der Waals surface area contributed by atoms with Crippen molar-refractivity contribution in [3.8, 4) is 0 Å². The van der Waals surface area contributed by atoms with Crippen LogP contribution in [0.2, 0.25) is 5.02 Å². The van der Waals surface area contributed by atoms with Gasteiger partial charge in [0.2, 0.25) is 0 Å². The molecule has 2 N–H and O–H groups in total. The van der Waals surface area contributed by atoms with Crippen LogP contribution in [0.15, 0.2) is 41.8 Å². The maximum Gasteiger partial charge on any atom is 0.0456 e. The predicted molar refractivity (Wildman–Crippen MR) is 75.6 cm³/mol. The average Bonchev–Trinajstić information content (AvgIpc) is 2.80. The summed E-state index contributed by atoms with van der Waals surface area (Å²) in [7, 11) is 0. The van der Waals surface area contributed by atoms with E-state index in [1.165, 1.54) is 4.88 Å². The Morgan fingerprint density at radius 3 is 2.65 bits per heavy atom. The van der Waals surface area contributed by atoms with E-state index >= 15 is 0 Å². The van der Waals surface area contributed by atoms with Crippen molar-refractivity contribution in [2.45, 2.75) is 25.3 Å². The zero-order valence-electron chi connectivity index (χ0n) is 9.82. The Labute approximate surface area is 111 Å². The molecule has 0 spiro atoms. The minimum absolute atomic E-state index is 0.373. The van der Waals surface area contributed by atoms with Gasteiger partial charge in [-0.15, -0.1) is 11.3 Å². The van der Waals surface area contributed by atoms with E-state index in [1.807, 2.05) is 31.2 Å². The Hall–Kier alpha value is -0.830. The molecular formula is C14H16ClNS. The fourth-order valence-corrected chi connectivity index (χ4v) is 2.96. The number of aryl methyl sites for hydroxylation is 1. The van der Waals surface area contributed by atoms with Gasteiger partial charge in [0.15, 0.2) is 0 Å². The molecule has 0 aliphatic rings. The van der Waals surface area contributed by atoms with Gasteiger partial charge in [-0.05, 0) is 42.8 Å². The third kappa shape index (κ3) is 3.09. The van der Waals surface area contributed by atoms with Gasteiger partial charge < -0.3 is 5.73 Å². The van der Waals surface area contributed by atoms with E-state index in [1.54, 1.807) is 11.3 Å². The van der Waals surface area contributed by atoms with Crippen LogP contribution in [0, 0.1) is 0 Å². The van der Waals surface area contributed by atoms with E-state index in [9.17, 15) is 0 Å². The van der Waals surface area contributed by atoms with Crippen molar-refractivity contribution in [2.24, 2.45) is 5.73 Å². The molecule has 0 radical (unpaired) electrons. The molecule has 1 nitrogen and oxygen atoms in total. The van der Waals surface area contributed by atoms with Crippen LogP contribution in [-0.2, 0) is 12.0 Å². The second-order valence-electron chi connectivity index (χ2n) is 4.48. The van der Waals surface area contributed by atoms with Crippen LogP contribution >= 0.6 is 22.9 Å². The van der Waals surface area contributed by atoms with Crippen molar-refractivity contribution in [3.63, 3.8) is 0 Å². The van der Waals surface area contributed by atoms with Crippen molar-refractivity contribution in [1.82, 2.24) is 0 Å². The second-order valence-corrected chi connectivity index (χ2v) is 5.92. The van der Waals surface area contributed by atoms with Crippen LogP contribution in [0.1, 0.15) is 23.8 Å². The Morgan fingerprint density at radius 2 is 2.00 bits per heavy atom. The molecule has 1 unspecified atom stereocenters. The smallest absolute Gasteiger partial charge is 0.0456 e. The molecular weight excluding hydrogens is 250 g/mol. The molecule has 1 aromatic carbocycles. The molecule has 2 aromatic rings. The van der Waals surface area contributed by atoms with Crippen molar-refractivity contribution < 1.29 is 0 Å². The highest BCUT2D eigenvalue weighted by Gasteiger charge is 2.23. The number of rotatable bonds is 4. The Balaban J connectivity index is 2.11. The topological polar surface area (TPSA) is 26.0 Å². The van der Waals surface area contributed by atoms with Crippen molar-refractivity contribution >= 4 is 22.9 Å². The van der Waals surface area contributed by atoms with E-state index in [0.29, 0.717) is 0 Å². The van der Waals surface area contributed by atoms with E-state index in [-0.39, 0.29) is 5.54 Å². The first-order valence-electron chi connectivity index (χ1n) is 5.66. The molecule has 0 aliphatic heterocycles. The average molecular weight is 266 g/mol. The molecule has 0 saturated heterocycles. The van der Waals surface area contributed by atoms with Gasteiger partial charge in [0.1, 0.15) is 0 Å². The molecule has 3 heteroatoms. The van der Waals surface area contributed by atoms with E-state index < -0.39 is 0 Å². The summed E-state index contributed by atoms with van der Waals surface area (Å²) in [4.78, 5) is 1.37. The minimum atomic E-state index is -0.373. The van der Waals surface area contributed by atoms with Crippen LogP contribution in [0.3, 0.4) is 0 Å². The van der Waals surface area contributed by atoms with Crippen LogP contribution in [0.4, 0.5) is 0 Å². The molecule has 0 fully saturated rings. The molecule has 2 rings (SSSR count). The maximum absolute atomic E-state index is 6.38.